The predicted octanol–water partition coefficient (Wildman–Crippen LogP) is 6.93. The Morgan fingerprint density at radius 1 is 1.20 bits per heavy atom. The van der Waals surface area contributed by atoms with Crippen molar-refractivity contribution in [3.8, 4) is 11.3 Å². The van der Waals surface area contributed by atoms with Gasteiger partial charge in [0.2, 0.25) is 5.69 Å². The lowest BCUT2D eigenvalue weighted by molar-refractivity contribution is 0.888. The lowest BCUT2D eigenvalue weighted by Crippen LogP contribution is -1.92. The van der Waals surface area contributed by atoms with Gasteiger partial charge in [0.15, 0.2) is 5.13 Å². The minimum absolute atomic E-state index is 0.293. The number of pyridine rings is 1. The average Bonchev–Trinajstić information content (AvgIpc) is 3.02. The second kappa shape index (κ2) is 7.40. The topological polar surface area (TPSA) is 42.2 Å². The van der Waals surface area contributed by atoms with E-state index in [9.17, 15) is 0 Å². The summed E-state index contributed by atoms with van der Waals surface area (Å²) in [6.45, 7) is 11.5. The minimum Gasteiger partial charge on any atom is -0.325 e. The van der Waals surface area contributed by atoms with E-state index in [0.717, 1.165) is 16.1 Å². The summed E-state index contributed by atoms with van der Waals surface area (Å²) in [6, 6.07) is 8.95. The number of hydrogen-bond donors (Lipinski definition) is 1. The van der Waals surface area contributed by atoms with Gasteiger partial charge in [0.05, 0.1) is 22.3 Å². The molecule has 7 heteroatoms. The number of halogens is 2. The third kappa shape index (κ3) is 3.77. The molecule has 0 saturated heterocycles. The van der Waals surface area contributed by atoms with Crippen molar-refractivity contribution in [1.82, 2.24) is 9.97 Å². The SMILES string of the molecule is [C-]#[N+]c1cccnc1Nc1nc(-c2ccc(Cl)c(Cl)c2)c(C(C)C)s1. The van der Waals surface area contributed by atoms with E-state index >= 15 is 0 Å². The molecule has 0 saturated carbocycles. The largest absolute Gasteiger partial charge is 0.325 e. The third-order valence-corrected chi connectivity index (χ3v) is 5.51. The molecule has 2 heterocycles. The molecule has 0 aliphatic rings. The van der Waals surface area contributed by atoms with Crippen LogP contribution in [0, 0.1) is 6.57 Å². The Kier molecular flexibility index (Phi) is 5.24. The molecule has 0 fully saturated rings. The first kappa shape index (κ1) is 17.7. The average molecular weight is 389 g/mol. The van der Waals surface area contributed by atoms with Gasteiger partial charge in [-0.15, -0.1) is 11.3 Å². The van der Waals surface area contributed by atoms with Gasteiger partial charge in [-0.3, -0.25) is 4.98 Å². The molecule has 3 rings (SSSR count). The summed E-state index contributed by atoms with van der Waals surface area (Å²) in [4.78, 5) is 13.5. The predicted molar refractivity (Wildman–Crippen MR) is 105 cm³/mol. The van der Waals surface area contributed by atoms with E-state index in [1.807, 2.05) is 12.1 Å². The summed E-state index contributed by atoms with van der Waals surface area (Å²) in [7, 11) is 0. The van der Waals surface area contributed by atoms with Gasteiger partial charge in [0.25, 0.3) is 0 Å². The normalized spacial score (nSPS) is 10.7. The fourth-order valence-corrected chi connectivity index (χ4v) is 3.60. The molecule has 3 aromatic rings. The van der Waals surface area contributed by atoms with Crippen LogP contribution in [-0.2, 0) is 0 Å². The Labute approximate surface area is 160 Å². The minimum atomic E-state index is 0.293. The van der Waals surface area contributed by atoms with Gasteiger partial charge in [0.1, 0.15) is 5.82 Å². The Bertz CT molecular complexity index is 960. The van der Waals surface area contributed by atoms with E-state index < -0.39 is 0 Å². The van der Waals surface area contributed by atoms with E-state index in [0.29, 0.717) is 32.6 Å². The van der Waals surface area contributed by atoms with Crippen molar-refractivity contribution in [1.29, 1.82) is 0 Å². The maximum absolute atomic E-state index is 7.25. The van der Waals surface area contributed by atoms with E-state index in [1.165, 1.54) is 0 Å². The number of benzene rings is 1. The second-order valence-electron chi connectivity index (χ2n) is 5.62. The molecule has 1 aromatic carbocycles. The molecule has 1 N–H and O–H groups in total. The van der Waals surface area contributed by atoms with Crippen molar-refractivity contribution in [2.24, 2.45) is 0 Å². The fraction of sp³-hybridized carbons (Fsp3) is 0.167. The van der Waals surface area contributed by atoms with Crippen molar-refractivity contribution in [2.45, 2.75) is 19.8 Å². The van der Waals surface area contributed by atoms with Crippen LogP contribution in [0.3, 0.4) is 0 Å². The van der Waals surface area contributed by atoms with Crippen LogP contribution >= 0.6 is 34.5 Å². The number of nitrogens with zero attached hydrogens (tertiary/aromatic N) is 3. The van der Waals surface area contributed by atoms with Gasteiger partial charge in [-0.05, 0) is 18.1 Å². The van der Waals surface area contributed by atoms with Crippen molar-refractivity contribution in [3.63, 3.8) is 0 Å². The molecule has 0 unspecified atom stereocenters. The number of nitrogens with one attached hydrogen (secondary N) is 1. The maximum Gasteiger partial charge on any atom is 0.228 e. The molecule has 0 aliphatic heterocycles. The van der Waals surface area contributed by atoms with E-state index in [-0.39, 0.29) is 0 Å². The molecule has 0 amide bonds. The summed E-state index contributed by atoms with van der Waals surface area (Å²) in [5.41, 5.74) is 2.23. The summed E-state index contributed by atoms with van der Waals surface area (Å²) >= 11 is 13.7. The summed E-state index contributed by atoms with van der Waals surface area (Å²) in [5, 5.41) is 4.86. The van der Waals surface area contributed by atoms with Crippen LogP contribution in [0.2, 0.25) is 10.0 Å². The molecule has 0 spiro atoms. The van der Waals surface area contributed by atoms with Crippen molar-refractivity contribution in [3.05, 3.63) is 62.9 Å². The Morgan fingerprint density at radius 3 is 2.68 bits per heavy atom. The van der Waals surface area contributed by atoms with Gasteiger partial charge in [-0.2, -0.15) is 0 Å². The molecule has 0 aliphatic carbocycles. The van der Waals surface area contributed by atoms with E-state index in [1.54, 1.807) is 35.7 Å². The number of thiazole rings is 1. The highest BCUT2D eigenvalue weighted by Crippen LogP contribution is 2.39. The highest BCUT2D eigenvalue weighted by Gasteiger charge is 2.17. The first-order valence-electron chi connectivity index (χ1n) is 7.55. The molecule has 0 bridgehead atoms. The zero-order valence-corrected chi connectivity index (χ0v) is 15.9. The molecular formula is C18H14Cl2N4S. The van der Waals surface area contributed by atoms with Gasteiger partial charge in [-0.1, -0.05) is 55.2 Å². The molecule has 0 radical (unpaired) electrons. The number of rotatable bonds is 4. The lowest BCUT2D eigenvalue weighted by atomic mass is 10.1. The number of anilines is 2. The van der Waals surface area contributed by atoms with E-state index in [4.69, 9.17) is 34.8 Å². The molecular weight excluding hydrogens is 375 g/mol. The first-order valence-corrected chi connectivity index (χ1v) is 9.12. The van der Waals surface area contributed by atoms with Gasteiger partial charge in [0, 0.05) is 16.6 Å². The number of aromatic nitrogens is 2. The van der Waals surface area contributed by atoms with Crippen molar-refractivity contribution < 1.29 is 0 Å². The molecule has 126 valence electrons. The van der Waals surface area contributed by atoms with Crippen LogP contribution in [0.4, 0.5) is 16.6 Å². The smallest absolute Gasteiger partial charge is 0.228 e. The van der Waals surface area contributed by atoms with Crippen LogP contribution in [-0.4, -0.2) is 9.97 Å². The zero-order valence-electron chi connectivity index (χ0n) is 13.5. The van der Waals surface area contributed by atoms with Crippen LogP contribution in [0.15, 0.2) is 36.5 Å². The Hall–Kier alpha value is -2.13. The van der Waals surface area contributed by atoms with Gasteiger partial charge < -0.3 is 5.32 Å². The van der Waals surface area contributed by atoms with Crippen LogP contribution in [0.25, 0.3) is 16.1 Å². The second-order valence-corrected chi connectivity index (χ2v) is 7.47. The van der Waals surface area contributed by atoms with Crippen LogP contribution in [0.5, 0.6) is 0 Å². The molecule has 25 heavy (non-hydrogen) atoms. The molecule has 0 atom stereocenters. The number of hydrogen-bond acceptors (Lipinski definition) is 4. The van der Waals surface area contributed by atoms with Crippen LogP contribution in [0.1, 0.15) is 24.6 Å². The summed E-state index contributed by atoms with van der Waals surface area (Å²) in [6.07, 6.45) is 1.65. The standard InChI is InChI=1S/C18H14Cl2N4S/c1-10(2)16-15(11-6-7-12(19)13(20)9-11)23-18(25-16)24-17-14(21-3)5-4-8-22-17/h4-10H,1-2H3,(H,22,23,24). The zero-order chi connectivity index (χ0) is 18.0. The van der Waals surface area contributed by atoms with Crippen molar-refractivity contribution >= 4 is 51.2 Å². The Morgan fingerprint density at radius 2 is 2.00 bits per heavy atom. The summed E-state index contributed by atoms with van der Waals surface area (Å²) in [5.74, 6) is 0.795. The molecule has 2 aromatic heterocycles. The quantitative estimate of drug-likeness (QED) is 0.492. The fourth-order valence-electron chi connectivity index (χ4n) is 2.31. The molecule has 4 nitrogen and oxygen atoms in total. The van der Waals surface area contributed by atoms with Gasteiger partial charge >= 0.3 is 0 Å². The Balaban J connectivity index is 2.03. The summed E-state index contributed by atoms with van der Waals surface area (Å²) < 4.78 is 0. The highest BCUT2D eigenvalue weighted by atomic mass is 35.5. The van der Waals surface area contributed by atoms with Crippen LogP contribution < -0.4 is 5.32 Å². The third-order valence-electron chi connectivity index (χ3n) is 3.50. The monoisotopic (exact) mass is 388 g/mol. The highest BCUT2D eigenvalue weighted by molar-refractivity contribution is 7.16. The lowest BCUT2D eigenvalue weighted by Gasteiger charge is -2.06. The van der Waals surface area contributed by atoms with E-state index in [2.05, 4.69) is 29.0 Å². The maximum atomic E-state index is 7.25. The first-order chi connectivity index (χ1) is 12.0. The van der Waals surface area contributed by atoms with Gasteiger partial charge in [-0.25, -0.2) is 9.83 Å². The van der Waals surface area contributed by atoms with Crippen molar-refractivity contribution in [2.75, 3.05) is 5.32 Å².